The van der Waals surface area contributed by atoms with E-state index in [0.29, 0.717) is 5.02 Å². The first-order chi connectivity index (χ1) is 10.2. The lowest BCUT2D eigenvalue weighted by molar-refractivity contribution is -0.274. The van der Waals surface area contributed by atoms with Crippen LogP contribution in [0.4, 0.5) is 13.2 Å². The van der Waals surface area contributed by atoms with Gasteiger partial charge in [-0.15, -0.1) is 0 Å². The molecule has 0 bridgehead atoms. The number of halogens is 5. The Morgan fingerprint density at radius 1 is 1.14 bits per heavy atom. The Morgan fingerprint density at radius 2 is 1.73 bits per heavy atom. The van der Waals surface area contributed by atoms with Crippen LogP contribution in [0.3, 0.4) is 0 Å². The minimum atomic E-state index is -4.94. The number of aliphatic hydroxyl groups is 1. The van der Waals surface area contributed by atoms with Gasteiger partial charge in [-0.25, -0.2) is 9.97 Å². The predicted octanol–water partition coefficient (Wildman–Crippen LogP) is 4.34. The third-order valence-electron chi connectivity index (χ3n) is 3.49. The fourth-order valence-corrected chi connectivity index (χ4v) is 2.80. The molecule has 2 rings (SSSR count). The molecule has 0 saturated heterocycles. The van der Waals surface area contributed by atoms with Gasteiger partial charge in [0.25, 0.3) is 0 Å². The number of alkyl halides is 3. The molecule has 1 aromatic carbocycles. The molecule has 0 spiro atoms. The van der Waals surface area contributed by atoms with Crippen molar-refractivity contribution in [1.29, 1.82) is 0 Å². The first-order valence-corrected chi connectivity index (χ1v) is 6.93. The summed E-state index contributed by atoms with van der Waals surface area (Å²) in [6, 6.07) is 4.10. The first kappa shape index (κ1) is 17.0. The van der Waals surface area contributed by atoms with Crippen LogP contribution in [0.15, 0.2) is 36.9 Å². The second kappa shape index (κ2) is 6.02. The highest BCUT2D eigenvalue weighted by molar-refractivity contribution is 6.35. The van der Waals surface area contributed by atoms with Gasteiger partial charge in [0.1, 0.15) is 6.33 Å². The van der Waals surface area contributed by atoms with Crippen LogP contribution in [-0.4, -0.2) is 21.3 Å². The molecule has 1 heterocycles. The molecule has 22 heavy (non-hydrogen) atoms. The molecule has 2 atom stereocenters. The van der Waals surface area contributed by atoms with Crippen LogP contribution in [-0.2, 0) is 5.60 Å². The van der Waals surface area contributed by atoms with Crippen molar-refractivity contribution in [2.24, 2.45) is 0 Å². The van der Waals surface area contributed by atoms with Gasteiger partial charge in [0, 0.05) is 33.9 Å². The molecule has 0 amide bonds. The second-order valence-corrected chi connectivity index (χ2v) is 5.62. The van der Waals surface area contributed by atoms with Crippen molar-refractivity contribution in [1.82, 2.24) is 9.97 Å². The van der Waals surface area contributed by atoms with Gasteiger partial charge in [-0.1, -0.05) is 36.2 Å². The fraction of sp³-hybridized carbons (Fsp3) is 0.286. The Bertz CT molecular complexity index is 667. The highest BCUT2D eigenvalue weighted by Crippen LogP contribution is 2.49. The van der Waals surface area contributed by atoms with Gasteiger partial charge in [-0.3, -0.25) is 0 Å². The number of nitrogens with zero attached hydrogens (tertiary/aromatic N) is 2. The van der Waals surface area contributed by atoms with Crippen LogP contribution in [0.5, 0.6) is 0 Å². The van der Waals surface area contributed by atoms with E-state index in [1.807, 2.05) is 0 Å². The maximum absolute atomic E-state index is 13.6. The average Bonchev–Trinajstić information content (AvgIpc) is 2.45. The summed E-state index contributed by atoms with van der Waals surface area (Å²) < 4.78 is 40.7. The number of hydrogen-bond donors (Lipinski definition) is 1. The molecule has 0 aliphatic heterocycles. The SMILES string of the molecule is C[C@H](c1ccc(Cl)cc1Cl)[C@](O)(c1cncnc1)C(F)(F)F. The molecular weight excluding hydrogens is 340 g/mol. The van der Waals surface area contributed by atoms with Crippen LogP contribution >= 0.6 is 23.2 Å². The molecule has 0 radical (unpaired) electrons. The topological polar surface area (TPSA) is 46.0 Å². The molecule has 2 aromatic rings. The van der Waals surface area contributed by atoms with E-state index in [1.54, 1.807) is 0 Å². The van der Waals surface area contributed by atoms with Crippen molar-refractivity contribution in [2.75, 3.05) is 0 Å². The number of benzene rings is 1. The molecule has 8 heteroatoms. The van der Waals surface area contributed by atoms with Crippen LogP contribution in [0, 0.1) is 0 Å². The van der Waals surface area contributed by atoms with Gasteiger partial charge >= 0.3 is 6.18 Å². The molecule has 0 unspecified atom stereocenters. The van der Waals surface area contributed by atoms with E-state index in [1.165, 1.54) is 25.1 Å². The van der Waals surface area contributed by atoms with Crippen molar-refractivity contribution in [3.63, 3.8) is 0 Å². The molecule has 0 saturated carbocycles. The van der Waals surface area contributed by atoms with Crippen molar-refractivity contribution in [3.8, 4) is 0 Å². The molecular formula is C14H11Cl2F3N2O. The van der Waals surface area contributed by atoms with Crippen LogP contribution < -0.4 is 0 Å². The Hall–Kier alpha value is -1.37. The maximum Gasteiger partial charge on any atom is 0.422 e. The zero-order chi connectivity index (χ0) is 16.5. The van der Waals surface area contributed by atoms with Crippen LogP contribution in [0.25, 0.3) is 0 Å². The summed E-state index contributed by atoms with van der Waals surface area (Å²) in [6.45, 7) is 1.23. The lowest BCUT2D eigenvalue weighted by Gasteiger charge is -2.36. The van der Waals surface area contributed by atoms with Gasteiger partial charge in [0.2, 0.25) is 0 Å². The quantitative estimate of drug-likeness (QED) is 0.895. The largest absolute Gasteiger partial charge is 0.422 e. The molecule has 1 N–H and O–H groups in total. The van der Waals surface area contributed by atoms with Gasteiger partial charge in [-0.2, -0.15) is 13.2 Å². The monoisotopic (exact) mass is 350 g/mol. The van der Waals surface area contributed by atoms with E-state index in [2.05, 4.69) is 9.97 Å². The molecule has 0 fully saturated rings. The highest BCUT2D eigenvalue weighted by Gasteiger charge is 2.59. The number of rotatable bonds is 3. The summed E-state index contributed by atoms with van der Waals surface area (Å²) in [6.07, 6.45) is -2.00. The van der Waals surface area contributed by atoms with Crippen molar-refractivity contribution in [2.45, 2.75) is 24.6 Å². The molecule has 118 valence electrons. The van der Waals surface area contributed by atoms with Gasteiger partial charge < -0.3 is 5.11 Å². The standard InChI is InChI=1S/C14H11Cl2F3N2O/c1-8(11-3-2-10(15)4-12(11)16)13(22,14(17,18)19)9-5-20-7-21-6-9/h2-8,22H,1H3/t8-,13+/m1/s1. The normalized spacial score (nSPS) is 16.1. The molecule has 0 aliphatic rings. The van der Waals surface area contributed by atoms with E-state index < -0.39 is 23.3 Å². The summed E-state index contributed by atoms with van der Waals surface area (Å²) in [5.74, 6) is -1.39. The van der Waals surface area contributed by atoms with Crippen molar-refractivity contribution >= 4 is 23.2 Å². The number of aromatic nitrogens is 2. The van der Waals surface area contributed by atoms with Crippen molar-refractivity contribution < 1.29 is 18.3 Å². The van der Waals surface area contributed by atoms with E-state index in [4.69, 9.17) is 23.2 Å². The minimum Gasteiger partial charge on any atom is -0.376 e. The summed E-state index contributed by atoms with van der Waals surface area (Å²) >= 11 is 11.7. The Labute approximate surface area is 134 Å². The lowest BCUT2D eigenvalue weighted by atomic mass is 9.79. The highest BCUT2D eigenvalue weighted by atomic mass is 35.5. The Kier molecular flexibility index (Phi) is 4.65. The fourth-order valence-electron chi connectivity index (χ4n) is 2.23. The lowest BCUT2D eigenvalue weighted by Crippen LogP contribution is -2.46. The third-order valence-corrected chi connectivity index (χ3v) is 4.05. The summed E-state index contributed by atoms with van der Waals surface area (Å²) in [7, 11) is 0. The van der Waals surface area contributed by atoms with Crippen molar-refractivity contribution in [3.05, 3.63) is 58.1 Å². The van der Waals surface area contributed by atoms with Gasteiger partial charge in [-0.05, 0) is 17.7 Å². The van der Waals surface area contributed by atoms with E-state index in [-0.39, 0.29) is 10.6 Å². The maximum atomic E-state index is 13.6. The smallest absolute Gasteiger partial charge is 0.376 e. The third kappa shape index (κ3) is 2.91. The molecule has 1 aromatic heterocycles. The second-order valence-electron chi connectivity index (χ2n) is 4.78. The van der Waals surface area contributed by atoms with Gasteiger partial charge in [0.05, 0.1) is 0 Å². The van der Waals surface area contributed by atoms with E-state index >= 15 is 0 Å². The Morgan fingerprint density at radius 3 is 2.23 bits per heavy atom. The van der Waals surface area contributed by atoms with Crippen LogP contribution in [0.2, 0.25) is 10.0 Å². The zero-order valence-electron chi connectivity index (χ0n) is 11.3. The van der Waals surface area contributed by atoms with E-state index in [9.17, 15) is 18.3 Å². The predicted molar refractivity (Wildman–Crippen MR) is 76.9 cm³/mol. The molecule has 3 nitrogen and oxygen atoms in total. The van der Waals surface area contributed by atoms with E-state index in [0.717, 1.165) is 18.7 Å². The zero-order valence-corrected chi connectivity index (χ0v) is 12.8. The summed E-state index contributed by atoms with van der Waals surface area (Å²) in [5, 5.41) is 10.8. The average molecular weight is 351 g/mol. The summed E-state index contributed by atoms with van der Waals surface area (Å²) in [4.78, 5) is 7.10. The minimum absolute atomic E-state index is 0.0412. The number of hydrogen-bond acceptors (Lipinski definition) is 3. The summed E-state index contributed by atoms with van der Waals surface area (Å²) in [5.41, 5.74) is -3.51. The Balaban J connectivity index is 2.60. The van der Waals surface area contributed by atoms with Gasteiger partial charge in [0.15, 0.2) is 5.60 Å². The molecule has 0 aliphatic carbocycles. The van der Waals surface area contributed by atoms with Crippen LogP contribution in [0.1, 0.15) is 24.0 Å². The first-order valence-electron chi connectivity index (χ1n) is 6.17.